The van der Waals surface area contributed by atoms with E-state index in [1.807, 2.05) is 0 Å². The number of hydrogen-bond acceptors (Lipinski definition) is 5. The molecule has 0 radical (unpaired) electrons. The number of ketones is 1. The molecule has 0 heterocycles. The van der Waals surface area contributed by atoms with Gasteiger partial charge in [0.15, 0.2) is 5.78 Å². The second-order valence-corrected chi connectivity index (χ2v) is 5.33. The van der Waals surface area contributed by atoms with Crippen molar-refractivity contribution in [2.45, 2.75) is 0 Å². The van der Waals surface area contributed by atoms with Crippen LogP contribution < -0.4 is 4.74 Å². The minimum atomic E-state index is -0.486. The number of carbonyl (C=O) groups is 1. The Morgan fingerprint density at radius 3 is 2.38 bits per heavy atom. The van der Waals surface area contributed by atoms with E-state index in [4.69, 9.17) is 4.74 Å². The number of benzene rings is 2. The molecule has 0 atom stereocenters. The predicted octanol–water partition coefficient (Wildman–Crippen LogP) is 3.37. The van der Waals surface area contributed by atoms with E-state index in [1.165, 1.54) is 12.1 Å². The first-order valence-electron chi connectivity index (χ1n) is 7.25. The molecule has 0 fully saturated rings. The van der Waals surface area contributed by atoms with Crippen molar-refractivity contribution in [1.82, 2.24) is 4.90 Å². The van der Waals surface area contributed by atoms with Crippen LogP contribution in [0.15, 0.2) is 48.7 Å². The van der Waals surface area contributed by atoms with Crippen LogP contribution in [0.25, 0.3) is 6.08 Å². The number of carbonyl (C=O) groups excluding carboxylic acids is 1. The third kappa shape index (κ3) is 3.78. The zero-order valence-electron chi connectivity index (χ0n) is 13.7. The third-order valence-corrected chi connectivity index (χ3v) is 3.42. The van der Waals surface area contributed by atoms with Gasteiger partial charge in [-0.3, -0.25) is 14.9 Å². The second-order valence-electron chi connectivity index (χ2n) is 5.33. The molecule has 0 unspecified atom stereocenters. The summed E-state index contributed by atoms with van der Waals surface area (Å²) in [6.45, 7) is 0. The molecule has 0 aliphatic carbocycles. The summed E-state index contributed by atoms with van der Waals surface area (Å²) < 4.78 is 5.08. The number of nitro benzene ring substituents is 1. The normalized spacial score (nSPS) is 10.6. The maximum atomic E-state index is 12.8. The van der Waals surface area contributed by atoms with E-state index in [2.05, 4.69) is 0 Å². The van der Waals surface area contributed by atoms with Crippen molar-refractivity contribution >= 4 is 17.5 Å². The van der Waals surface area contributed by atoms with Crippen LogP contribution in [0.2, 0.25) is 0 Å². The van der Waals surface area contributed by atoms with E-state index >= 15 is 0 Å². The zero-order chi connectivity index (χ0) is 17.7. The molecule has 2 aromatic carbocycles. The lowest BCUT2D eigenvalue weighted by molar-refractivity contribution is -0.385. The standard InChI is InChI=1S/C18H18N2O4/c1-19(2)12-11-15-16(5-4-6-17(15)20(22)23)18(21)13-7-9-14(24-3)10-8-13/h4-12H,1-3H3/b12-11+. The molecule has 2 rings (SSSR count). The van der Waals surface area contributed by atoms with Crippen LogP contribution in [-0.4, -0.2) is 36.8 Å². The molecule has 0 saturated carbocycles. The summed E-state index contributed by atoms with van der Waals surface area (Å²) in [4.78, 5) is 25.3. The monoisotopic (exact) mass is 326 g/mol. The topological polar surface area (TPSA) is 72.7 Å². The molecule has 0 N–H and O–H groups in total. The van der Waals surface area contributed by atoms with Gasteiger partial charge < -0.3 is 9.64 Å². The Labute approximate surface area is 140 Å². The van der Waals surface area contributed by atoms with Crippen molar-refractivity contribution in [3.63, 3.8) is 0 Å². The molecule has 24 heavy (non-hydrogen) atoms. The maximum absolute atomic E-state index is 12.8. The summed E-state index contributed by atoms with van der Waals surface area (Å²) in [5.74, 6) is 0.359. The van der Waals surface area contributed by atoms with Crippen LogP contribution in [0, 0.1) is 10.1 Å². The lowest BCUT2D eigenvalue weighted by Gasteiger charge is -2.09. The van der Waals surface area contributed by atoms with E-state index < -0.39 is 4.92 Å². The number of rotatable bonds is 6. The van der Waals surface area contributed by atoms with Crippen molar-refractivity contribution in [2.75, 3.05) is 21.2 Å². The van der Waals surface area contributed by atoms with Crippen molar-refractivity contribution in [1.29, 1.82) is 0 Å². The summed E-state index contributed by atoms with van der Waals surface area (Å²) in [5.41, 5.74) is 0.910. The van der Waals surface area contributed by atoms with Crippen LogP contribution in [0.5, 0.6) is 5.75 Å². The van der Waals surface area contributed by atoms with E-state index in [1.54, 1.807) is 68.7 Å². The van der Waals surface area contributed by atoms with Crippen LogP contribution in [0.3, 0.4) is 0 Å². The number of ether oxygens (including phenoxy) is 1. The van der Waals surface area contributed by atoms with Crippen LogP contribution in [0.1, 0.15) is 21.5 Å². The Hall–Kier alpha value is -3.15. The van der Waals surface area contributed by atoms with Gasteiger partial charge in [-0.1, -0.05) is 6.07 Å². The fraction of sp³-hybridized carbons (Fsp3) is 0.167. The first-order valence-corrected chi connectivity index (χ1v) is 7.25. The van der Waals surface area contributed by atoms with E-state index in [9.17, 15) is 14.9 Å². The van der Waals surface area contributed by atoms with Crippen molar-refractivity contribution in [3.8, 4) is 5.75 Å². The van der Waals surface area contributed by atoms with Crippen molar-refractivity contribution in [2.24, 2.45) is 0 Å². The van der Waals surface area contributed by atoms with E-state index in [-0.39, 0.29) is 22.6 Å². The predicted molar refractivity (Wildman–Crippen MR) is 92.2 cm³/mol. The molecule has 6 nitrogen and oxygen atoms in total. The average molecular weight is 326 g/mol. The fourth-order valence-corrected chi connectivity index (χ4v) is 2.21. The molecular formula is C18H18N2O4. The van der Waals surface area contributed by atoms with Crippen LogP contribution >= 0.6 is 0 Å². The first-order chi connectivity index (χ1) is 11.4. The quantitative estimate of drug-likeness (QED) is 0.462. The molecule has 124 valence electrons. The highest BCUT2D eigenvalue weighted by atomic mass is 16.6. The zero-order valence-corrected chi connectivity index (χ0v) is 13.7. The van der Waals surface area contributed by atoms with Gasteiger partial charge in [-0.25, -0.2) is 0 Å². The molecule has 0 bridgehead atoms. The van der Waals surface area contributed by atoms with Gasteiger partial charge in [0.2, 0.25) is 0 Å². The number of nitrogens with zero attached hydrogens (tertiary/aromatic N) is 2. The fourth-order valence-electron chi connectivity index (χ4n) is 2.21. The molecule has 0 spiro atoms. The molecular weight excluding hydrogens is 308 g/mol. The highest BCUT2D eigenvalue weighted by molar-refractivity contribution is 6.11. The average Bonchev–Trinajstić information content (AvgIpc) is 2.58. The van der Waals surface area contributed by atoms with Crippen molar-refractivity contribution in [3.05, 3.63) is 75.5 Å². The Balaban J connectivity index is 2.53. The Morgan fingerprint density at radius 2 is 1.83 bits per heavy atom. The molecule has 0 aromatic heterocycles. The molecule has 2 aromatic rings. The number of methoxy groups -OCH3 is 1. The Kier molecular flexibility index (Phi) is 5.31. The number of hydrogen-bond donors (Lipinski definition) is 0. The molecule has 0 saturated heterocycles. The third-order valence-electron chi connectivity index (χ3n) is 3.42. The summed E-state index contributed by atoms with van der Waals surface area (Å²) >= 11 is 0. The Morgan fingerprint density at radius 1 is 1.17 bits per heavy atom. The van der Waals surface area contributed by atoms with Crippen LogP contribution in [-0.2, 0) is 0 Å². The molecule has 0 aliphatic rings. The minimum absolute atomic E-state index is 0.104. The van der Waals surface area contributed by atoms with Gasteiger partial charge in [-0.15, -0.1) is 0 Å². The lowest BCUT2D eigenvalue weighted by Crippen LogP contribution is -2.07. The second kappa shape index (κ2) is 7.41. The lowest BCUT2D eigenvalue weighted by atomic mass is 9.97. The van der Waals surface area contributed by atoms with Crippen LogP contribution in [0.4, 0.5) is 5.69 Å². The van der Waals surface area contributed by atoms with Gasteiger partial charge in [0, 0.05) is 31.3 Å². The Bertz CT molecular complexity index is 780. The van der Waals surface area contributed by atoms with Gasteiger partial charge in [-0.05, 0) is 42.6 Å². The smallest absolute Gasteiger partial charge is 0.277 e. The number of nitro groups is 1. The molecule has 6 heteroatoms. The minimum Gasteiger partial charge on any atom is -0.497 e. The van der Waals surface area contributed by atoms with E-state index in [0.717, 1.165) is 0 Å². The van der Waals surface area contributed by atoms with Crippen molar-refractivity contribution < 1.29 is 14.5 Å². The summed E-state index contributed by atoms with van der Waals surface area (Å²) in [6, 6.07) is 11.1. The van der Waals surface area contributed by atoms with Gasteiger partial charge >= 0.3 is 0 Å². The van der Waals surface area contributed by atoms with Gasteiger partial charge in [-0.2, -0.15) is 0 Å². The first kappa shape index (κ1) is 17.2. The van der Waals surface area contributed by atoms with Gasteiger partial charge in [0.1, 0.15) is 5.75 Å². The summed E-state index contributed by atoms with van der Waals surface area (Å²) in [5, 5.41) is 11.3. The molecule has 0 aliphatic heterocycles. The summed E-state index contributed by atoms with van der Waals surface area (Å²) in [7, 11) is 5.15. The molecule has 0 amide bonds. The summed E-state index contributed by atoms with van der Waals surface area (Å²) in [6.07, 6.45) is 3.25. The largest absolute Gasteiger partial charge is 0.497 e. The van der Waals surface area contributed by atoms with Gasteiger partial charge in [0.25, 0.3) is 5.69 Å². The maximum Gasteiger partial charge on any atom is 0.277 e. The van der Waals surface area contributed by atoms with Gasteiger partial charge in [0.05, 0.1) is 17.6 Å². The highest BCUT2D eigenvalue weighted by Gasteiger charge is 2.20. The highest BCUT2D eigenvalue weighted by Crippen LogP contribution is 2.26. The van der Waals surface area contributed by atoms with E-state index in [0.29, 0.717) is 11.3 Å². The SMILES string of the molecule is COc1ccc(C(=O)c2cccc([N+](=O)[O-])c2/C=C/N(C)C)cc1.